The molecule has 0 rings (SSSR count). The first-order valence-electron chi connectivity index (χ1n) is 12.6. The Kier molecular flexibility index (Phi) is 25.7. The molecule has 204 valence electrons. The first-order chi connectivity index (χ1) is 16.3. The zero-order valence-electron chi connectivity index (χ0n) is 22.6. The average molecular weight is 607 g/mol. The van der Waals surface area contributed by atoms with Gasteiger partial charge < -0.3 is 20.4 Å². The zero-order chi connectivity index (χ0) is 27.9. The van der Waals surface area contributed by atoms with E-state index in [1.165, 1.54) is 25.7 Å². The molecule has 0 spiro atoms. The molecule has 0 aliphatic heterocycles. The molecule has 8 nitrogen and oxygen atoms in total. The van der Waals surface area contributed by atoms with E-state index in [9.17, 15) is 19.2 Å². The molecule has 0 aromatic rings. The summed E-state index contributed by atoms with van der Waals surface area (Å²) in [5.74, 6) is -4.70. The quantitative estimate of drug-likeness (QED) is 0.110. The van der Waals surface area contributed by atoms with Crippen LogP contribution in [0.2, 0.25) is 18.8 Å². The summed E-state index contributed by atoms with van der Waals surface area (Å²) in [5, 5.41) is 33.6. The number of carbonyl (C=O) groups is 4. The van der Waals surface area contributed by atoms with Crippen molar-refractivity contribution in [2.75, 3.05) is 0 Å². The number of hydrogen-bond acceptors (Lipinski definition) is 4. The Hall–Kier alpha value is -1.84. The molecule has 0 aliphatic carbocycles. The van der Waals surface area contributed by atoms with Gasteiger partial charge in [0.25, 0.3) is 0 Å². The average Bonchev–Trinajstić information content (AvgIpc) is 2.76. The van der Waals surface area contributed by atoms with Crippen molar-refractivity contribution in [3.05, 3.63) is 23.3 Å². The van der Waals surface area contributed by atoms with Crippen LogP contribution in [0.3, 0.4) is 0 Å². The van der Waals surface area contributed by atoms with Gasteiger partial charge in [0, 0.05) is 23.3 Å². The molecule has 0 radical (unpaired) electrons. The number of aliphatic carboxylic acids is 4. The van der Waals surface area contributed by atoms with E-state index in [2.05, 4.69) is 23.7 Å². The topological polar surface area (TPSA) is 149 Å². The van der Waals surface area contributed by atoms with Gasteiger partial charge in [0.05, 0.1) is 0 Å². The molecule has 0 aromatic heterocycles. The first-order valence-corrected chi connectivity index (χ1v) is 22.4. The Morgan fingerprint density at radius 2 is 0.857 bits per heavy atom. The van der Waals surface area contributed by atoms with Crippen molar-refractivity contribution in [3.8, 4) is 0 Å². The molecular weight excluding hydrogens is 559 g/mol. The molecule has 0 aromatic carbocycles. The summed E-state index contributed by atoms with van der Waals surface area (Å²) in [7, 11) is 0. The number of hydrogen-bond donors (Lipinski definition) is 4. The summed E-state index contributed by atoms with van der Waals surface area (Å²) in [6, 6.07) is 0. The Labute approximate surface area is 215 Å². The molecule has 0 atom stereocenters. The van der Waals surface area contributed by atoms with Crippen LogP contribution in [0.15, 0.2) is 23.3 Å². The Balaban J connectivity index is -0.000000439. The fourth-order valence-electron chi connectivity index (χ4n) is 2.95. The van der Waals surface area contributed by atoms with Crippen LogP contribution in [0.1, 0.15) is 91.9 Å². The molecule has 0 unspecified atom stereocenters. The van der Waals surface area contributed by atoms with Gasteiger partial charge in [-0.3, -0.25) is 0 Å². The Bertz CT molecular complexity index is 625. The van der Waals surface area contributed by atoms with Crippen LogP contribution < -0.4 is 0 Å². The molecule has 0 amide bonds. The van der Waals surface area contributed by atoms with E-state index in [1.807, 2.05) is 13.8 Å². The second-order valence-corrected chi connectivity index (χ2v) is 24.4. The van der Waals surface area contributed by atoms with Gasteiger partial charge in [0.1, 0.15) is 0 Å². The van der Waals surface area contributed by atoms with Crippen molar-refractivity contribution < 1.29 is 39.6 Å². The second-order valence-electron chi connectivity index (χ2n) is 9.20. The summed E-state index contributed by atoms with van der Waals surface area (Å²) in [6.45, 7) is 8.45. The van der Waals surface area contributed by atoms with Gasteiger partial charge in [0.15, 0.2) is 0 Å². The third-order valence-corrected chi connectivity index (χ3v) is 14.9. The fourth-order valence-corrected chi connectivity index (χ4v) is 11.1. The number of carboxylic acids is 4. The SMILES string of the molecule is CCCC/C(=C/C(=O)O)C(=O)O.CCCC/C(=C/C(=O)O)C(=O)O.CCC[CH2][Sn]([CH3])([CH3])[CH2]CCC. The number of rotatable bonds is 16. The summed E-state index contributed by atoms with van der Waals surface area (Å²) >= 11 is -1.44. The van der Waals surface area contributed by atoms with Crippen molar-refractivity contribution >= 4 is 42.3 Å². The molecule has 0 fully saturated rings. The molecule has 0 saturated heterocycles. The second kappa shape index (κ2) is 23.9. The molecular formula is C26H48O8Sn. The van der Waals surface area contributed by atoms with Crippen molar-refractivity contribution in [1.82, 2.24) is 0 Å². The molecule has 9 heteroatoms. The van der Waals surface area contributed by atoms with E-state index < -0.39 is 42.3 Å². The van der Waals surface area contributed by atoms with Gasteiger partial charge in [-0.15, -0.1) is 0 Å². The van der Waals surface area contributed by atoms with Crippen LogP contribution in [0.4, 0.5) is 0 Å². The van der Waals surface area contributed by atoms with E-state index in [0.29, 0.717) is 25.7 Å². The van der Waals surface area contributed by atoms with E-state index in [-0.39, 0.29) is 11.1 Å². The first kappa shape index (κ1) is 37.7. The van der Waals surface area contributed by atoms with Crippen molar-refractivity contribution in [3.63, 3.8) is 0 Å². The zero-order valence-corrected chi connectivity index (χ0v) is 25.4. The maximum atomic E-state index is 10.4. The standard InChI is InChI=1S/2C8H12O4.2C4H9.2CH3.Sn/c2*1-2-3-4-6(8(11)12)5-7(9)10;2*1-3-4-2;;;/h2*5H,2-4H2,1H3,(H,9,10)(H,11,12);2*1,3-4H2,2H3;2*1H3;/b2*6-5-;;;;;. The predicted molar refractivity (Wildman–Crippen MR) is 143 cm³/mol. The third-order valence-electron chi connectivity index (χ3n) is 5.16. The van der Waals surface area contributed by atoms with Gasteiger partial charge in [-0.25, -0.2) is 19.2 Å². The predicted octanol–water partition coefficient (Wildman–Crippen LogP) is 6.84. The summed E-state index contributed by atoms with van der Waals surface area (Å²) < 4.78 is 3.23. The van der Waals surface area contributed by atoms with E-state index in [1.54, 1.807) is 8.87 Å². The maximum absolute atomic E-state index is 10.4. The van der Waals surface area contributed by atoms with Crippen LogP contribution in [-0.2, 0) is 19.2 Å². The molecule has 0 heterocycles. The van der Waals surface area contributed by atoms with Crippen LogP contribution in [0.5, 0.6) is 0 Å². The summed E-state index contributed by atoms with van der Waals surface area (Å²) in [6.07, 6.45) is 11.0. The van der Waals surface area contributed by atoms with E-state index >= 15 is 0 Å². The molecule has 0 saturated carbocycles. The van der Waals surface area contributed by atoms with Crippen molar-refractivity contribution in [2.24, 2.45) is 0 Å². The molecule has 0 aliphatic rings. The monoisotopic (exact) mass is 608 g/mol. The van der Waals surface area contributed by atoms with Crippen LogP contribution in [-0.4, -0.2) is 62.7 Å². The van der Waals surface area contributed by atoms with Crippen LogP contribution in [0, 0.1) is 0 Å². The third kappa shape index (κ3) is 28.3. The minimum atomic E-state index is -1.44. The van der Waals surface area contributed by atoms with Gasteiger partial charge in [-0.2, -0.15) is 0 Å². The van der Waals surface area contributed by atoms with Gasteiger partial charge in [0.2, 0.25) is 0 Å². The molecule has 35 heavy (non-hydrogen) atoms. The molecule has 4 N–H and O–H groups in total. The Morgan fingerprint density at radius 3 is 1.06 bits per heavy atom. The Morgan fingerprint density at radius 1 is 0.571 bits per heavy atom. The van der Waals surface area contributed by atoms with E-state index in [4.69, 9.17) is 20.4 Å². The number of unbranched alkanes of at least 4 members (excludes halogenated alkanes) is 4. The van der Waals surface area contributed by atoms with Crippen molar-refractivity contribution in [1.29, 1.82) is 0 Å². The molecule has 0 bridgehead atoms. The fraction of sp³-hybridized carbons (Fsp3) is 0.692. The van der Waals surface area contributed by atoms with Crippen LogP contribution in [0.25, 0.3) is 0 Å². The van der Waals surface area contributed by atoms with Crippen LogP contribution >= 0.6 is 0 Å². The minimum absolute atomic E-state index is 0.0376. The summed E-state index contributed by atoms with van der Waals surface area (Å²) in [5.41, 5.74) is -0.0753. The normalized spacial score (nSPS) is 11.5. The number of carboxylic acid groups (broad SMARTS) is 4. The van der Waals surface area contributed by atoms with Gasteiger partial charge >= 0.3 is 101 Å². The van der Waals surface area contributed by atoms with E-state index in [0.717, 1.165) is 25.0 Å². The van der Waals surface area contributed by atoms with Gasteiger partial charge in [-0.05, 0) is 25.7 Å². The van der Waals surface area contributed by atoms with Crippen molar-refractivity contribution in [2.45, 2.75) is 111 Å². The summed E-state index contributed by atoms with van der Waals surface area (Å²) in [4.78, 5) is 46.3. The van der Waals surface area contributed by atoms with Gasteiger partial charge in [-0.1, -0.05) is 26.7 Å².